The minimum absolute atomic E-state index is 0.660. The lowest BCUT2D eigenvalue weighted by Crippen LogP contribution is -1.98. The summed E-state index contributed by atoms with van der Waals surface area (Å²) in [5, 5.41) is 6.08. The van der Waals surface area contributed by atoms with Crippen molar-refractivity contribution in [3.63, 3.8) is 0 Å². The molecule has 0 fully saturated rings. The molecule has 0 saturated heterocycles. The van der Waals surface area contributed by atoms with E-state index in [1.165, 1.54) is 41.9 Å². The average molecular weight is 684 g/mol. The SMILES string of the molecule is C=C(/C=C\C=C/C)c1cc(-c2cc(-c3cc4ccccc4c4ccccc34)cc(-c3ccnc4c3sc3ccccc34)c2)nc(-c2ccccc2)n1. The van der Waals surface area contributed by atoms with Crippen molar-refractivity contribution in [3.8, 4) is 44.9 Å². The lowest BCUT2D eigenvalue weighted by molar-refractivity contribution is 1.16. The number of benzene rings is 6. The van der Waals surface area contributed by atoms with Crippen LogP contribution in [0.5, 0.6) is 0 Å². The quantitative estimate of drug-likeness (QED) is 0.124. The summed E-state index contributed by atoms with van der Waals surface area (Å²) < 4.78 is 2.40. The normalized spacial score (nSPS) is 11.9. The van der Waals surface area contributed by atoms with Crippen LogP contribution in [0.3, 0.4) is 0 Å². The molecule has 0 amide bonds. The third-order valence-electron chi connectivity index (χ3n) is 9.57. The monoisotopic (exact) mass is 683 g/mol. The molecule has 0 aliphatic heterocycles. The van der Waals surface area contributed by atoms with Gasteiger partial charge in [0, 0.05) is 33.0 Å². The van der Waals surface area contributed by atoms with E-state index in [2.05, 4.69) is 128 Å². The predicted molar refractivity (Wildman–Crippen MR) is 222 cm³/mol. The van der Waals surface area contributed by atoms with Crippen LogP contribution in [0.2, 0.25) is 0 Å². The summed E-state index contributed by atoms with van der Waals surface area (Å²) >= 11 is 1.79. The number of allylic oxidation sites excluding steroid dienone is 5. The predicted octanol–water partition coefficient (Wildman–Crippen LogP) is 13.4. The van der Waals surface area contributed by atoms with Crippen molar-refractivity contribution in [1.82, 2.24) is 15.0 Å². The molecule has 246 valence electrons. The van der Waals surface area contributed by atoms with Crippen LogP contribution in [-0.4, -0.2) is 15.0 Å². The summed E-state index contributed by atoms with van der Waals surface area (Å²) in [5.74, 6) is 0.660. The molecule has 6 aromatic carbocycles. The minimum Gasteiger partial charge on any atom is -0.255 e. The lowest BCUT2D eigenvalue weighted by atomic mass is 9.90. The standard InChI is InChI=1S/C48H33N3S/c1-3-4-6-15-31(2)43-30-44(51-48(50-43)32-16-7-5-8-17-32)36-27-34(38-24-25-49-46-41-22-13-14-23-45(41)52-47(38)46)26-35(28-36)42-29-33-18-9-10-19-37(33)39-20-11-12-21-40(39)42/h3-30H,2H2,1H3/b4-3-,15-6-. The Morgan fingerprint density at radius 3 is 2.12 bits per heavy atom. The first-order valence-electron chi connectivity index (χ1n) is 17.4. The first-order chi connectivity index (χ1) is 25.6. The van der Waals surface area contributed by atoms with Crippen molar-refractivity contribution >= 4 is 58.8 Å². The summed E-state index contributed by atoms with van der Waals surface area (Å²) in [6.07, 6.45) is 9.93. The maximum Gasteiger partial charge on any atom is 0.160 e. The number of rotatable bonds is 7. The zero-order valence-electron chi connectivity index (χ0n) is 28.6. The van der Waals surface area contributed by atoms with Gasteiger partial charge in [-0.05, 0) is 93.2 Å². The molecule has 3 nitrogen and oxygen atoms in total. The molecule has 9 aromatic rings. The molecule has 0 aliphatic carbocycles. The first kappa shape index (κ1) is 31.5. The molecule has 0 unspecified atom stereocenters. The smallest absolute Gasteiger partial charge is 0.160 e. The Kier molecular flexibility index (Phi) is 8.07. The van der Waals surface area contributed by atoms with Gasteiger partial charge in [0.25, 0.3) is 0 Å². The van der Waals surface area contributed by atoms with E-state index in [-0.39, 0.29) is 0 Å². The van der Waals surface area contributed by atoms with Crippen molar-refractivity contribution in [2.24, 2.45) is 0 Å². The third-order valence-corrected chi connectivity index (χ3v) is 10.8. The molecule has 0 saturated carbocycles. The fraction of sp³-hybridized carbons (Fsp3) is 0.0208. The van der Waals surface area contributed by atoms with Gasteiger partial charge in [-0.15, -0.1) is 11.3 Å². The van der Waals surface area contributed by atoms with Crippen molar-refractivity contribution in [2.45, 2.75) is 6.92 Å². The van der Waals surface area contributed by atoms with Gasteiger partial charge in [-0.3, -0.25) is 4.98 Å². The minimum atomic E-state index is 0.660. The molecule has 3 aromatic heterocycles. The third kappa shape index (κ3) is 5.69. The molecule has 0 spiro atoms. The Morgan fingerprint density at radius 1 is 0.596 bits per heavy atom. The van der Waals surface area contributed by atoms with Crippen LogP contribution in [0.15, 0.2) is 177 Å². The molecule has 3 heterocycles. The Labute approximate surface area is 306 Å². The summed E-state index contributed by atoms with van der Waals surface area (Å²) in [5.41, 5.74) is 9.97. The highest BCUT2D eigenvalue weighted by Crippen LogP contribution is 2.43. The number of nitrogens with zero attached hydrogens (tertiary/aromatic N) is 3. The second-order valence-electron chi connectivity index (χ2n) is 12.9. The second kappa shape index (κ2) is 13.3. The van der Waals surface area contributed by atoms with Crippen LogP contribution in [0.4, 0.5) is 0 Å². The van der Waals surface area contributed by atoms with Gasteiger partial charge in [-0.25, -0.2) is 9.97 Å². The molecule has 0 bridgehead atoms. The summed E-state index contributed by atoms with van der Waals surface area (Å²) in [7, 11) is 0. The van der Waals surface area contributed by atoms with E-state index >= 15 is 0 Å². The van der Waals surface area contributed by atoms with Crippen LogP contribution >= 0.6 is 11.3 Å². The van der Waals surface area contributed by atoms with E-state index in [1.54, 1.807) is 11.3 Å². The zero-order chi connectivity index (χ0) is 35.0. The Balaban J connectivity index is 1.34. The highest BCUT2D eigenvalue weighted by atomic mass is 32.1. The molecule has 0 N–H and O–H groups in total. The molecule has 9 rings (SSSR count). The fourth-order valence-corrected chi connectivity index (χ4v) is 8.25. The molecule has 0 atom stereocenters. The van der Waals surface area contributed by atoms with Crippen LogP contribution in [0, 0.1) is 0 Å². The lowest BCUT2D eigenvalue weighted by Gasteiger charge is -2.15. The van der Waals surface area contributed by atoms with E-state index in [4.69, 9.17) is 15.0 Å². The number of pyridine rings is 1. The number of hydrogen-bond acceptors (Lipinski definition) is 4. The molecule has 52 heavy (non-hydrogen) atoms. The highest BCUT2D eigenvalue weighted by molar-refractivity contribution is 7.26. The van der Waals surface area contributed by atoms with Gasteiger partial charge in [-0.2, -0.15) is 0 Å². The number of thiophene rings is 1. The number of fused-ring (bicyclic) bond motifs is 6. The average Bonchev–Trinajstić information content (AvgIpc) is 3.59. The van der Waals surface area contributed by atoms with Gasteiger partial charge < -0.3 is 0 Å². The molecular weight excluding hydrogens is 651 g/mol. The van der Waals surface area contributed by atoms with Crippen LogP contribution in [0.1, 0.15) is 12.6 Å². The van der Waals surface area contributed by atoms with Crippen molar-refractivity contribution in [2.75, 3.05) is 0 Å². The van der Waals surface area contributed by atoms with Gasteiger partial charge in [0.15, 0.2) is 5.82 Å². The van der Waals surface area contributed by atoms with Gasteiger partial charge in [-0.1, -0.05) is 128 Å². The molecular formula is C48H33N3S. The van der Waals surface area contributed by atoms with Crippen molar-refractivity contribution < 1.29 is 0 Å². The Bertz CT molecular complexity index is 2880. The second-order valence-corrected chi connectivity index (χ2v) is 13.9. The zero-order valence-corrected chi connectivity index (χ0v) is 29.4. The first-order valence-corrected chi connectivity index (χ1v) is 18.2. The van der Waals surface area contributed by atoms with E-state index < -0.39 is 0 Å². The summed E-state index contributed by atoms with van der Waals surface area (Å²) in [4.78, 5) is 15.1. The number of hydrogen-bond donors (Lipinski definition) is 0. The molecule has 0 radical (unpaired) electrons. The van der Waals surface area contributed by atoms with Gasteiger partial charge in [0.2, 0.25) is 0 Å². The topological polar surface area (TPSA) is 38.7 Å². The van der Waals surface area contributed by atoms with E-state index in [9.17, 15) is 0 Å². The molecule has 4 heteroatoms. The van der Waals surface area contributed by atoms with Crippen molar-refractivity contribution in [3.05, 3.63) is 182 Å². The van der Waals surface area contributed by atoms with Crippen LogP contribution in [0.25, 0.3) is 92.3 Å². The number of aromatic nitrogens is 3. The van der Waals surface area contributed by atoms with E-state index in [1.807, 2.05) is 55.6 Å². The fourth-order valence-electron chi connectivity index (χ4n) is 7.06. The summed E-state index contributed by atoms with van der Waals surface area (Å²) in [6, 6.07) is 49.5. The van der Waals surface area contributed by atoms with Gasteiger partial charge in [0.1, 0.15) is 0 Å². The maximum atomic E-state index is 5.23. The molecule has 0 aliphatic rings. The van der Waals surface area contributed by atoms with Crippen LogP contribution in [-0.2, 0) is 0 Å². The van der Waals surface area contributed by atoms with E-state index in [0.29, 0.717) is 5.82 Å². The Hall–Kier alpha value is -6.49. The summed E-state index contributed by atoms with van der Waals surface area (Å²) in [6.45, 7) is 6.40. The van der Waals surface area contributed by atoms with Gasteiger partial charge in [0.05, 0.1) is 21.6 Å². The maximum absolute atomic E-state index is 5.23. The van der Waals surface area contributed by atoms with Gasteiger partial charge >= 0.3 is 0 Å². The Morgan fingerprint density at radius 2 is 1.29 bits per heavy atom. The van der Waals surface area contributed by atoms with Crippen LogP contribution < -0.4 is 0 Å². The van der Waals surface area contributed by atoms with Crippen molar-refractivity contribution in [1.29, 1.82) is 0 Å². The largest absolute Gasteiger partial charge is 0.255 e. The van der Waals surface area contributed by atoms with E-state index in [0.717, 1.165) is 50.3 Å². The highest BCUT2D eigenvalue weighted by Gasteiger charge is 2.18.